The van der Waals surface area contributed by atoms with Crippen molar-refractivity contribution in [2.24, 2.45) is 0 Å². The lowest BCUT2D eigenvalue weighted by Crippen LogP contribution is -1.92. The standard InChI is InChI=1S/C3H10OSi.3CH4/c1-4-3-5-2;;;/h3,5H2,1-2H3;3*1H4. The second-order valence-electron chi connectivity index (χ2n) is 0.993. The fourth-order valence-electron chi connectivity index (χ4n) is 0.204. The molecule has 0 saturated heterocycles. The smallest absolute Gasteiger partial charge is 0.0485 e. The van der Waals surface area contributed by atoms with E-state index >= 15 is 0 Å². The summed E-state index contributed by atoms with van der Waals surface area (Å²) in [6, 6.07) is 0. The van der Waals surface area contributed by atoms with Gasteiger partial charge in [0.1, 0.15) is 0 Å². The van der Waals surface area contributed by atoms with Crippen molar-refractivity contribution < 1.29 is 4.74 Å². The summed E-state index contributed by atoms with van der Waals surface area (Å²) in [6.07, 6.45) is 1.03. The molecule has 0 aromatic heterocycles. The first-order valence-corrected chi connectivity index (χ1v) is 4.32. The van der Waals surface area contributed by atoms with E-state index in [2.05, 4.69) is 6.55 Å². The van der Waals surface area contributed by atoms with Crippen molar-refractivity contribution in [1.29, 1.82) is 0 Å². The Bertz CT molecular complexity index is 16.0. The summed E-state index contributed by atoms with van der Waals surface area (Å²) < 4.78 is 4.75. The third-order valence-electron chi connectivity index (χ3n) is 0.408. The van der Waals surface area contributed by atoms with Gasteiger partial charge in [0.15, 0.2) is 0 Å². The van der Waals surface area contributed by atoms with Crippen molar-refractivity contribution in [2.75, 3.05) is 13.3 Å². The van der Waals surface area contributed by atoms with Crippen molar-refractivity contribution in [3.05, 3.63) is 0 Å². The number of rotatable bonds is 2. The van der Waals surface area contributed by atoms with E-state index in [9.17, 15) is 0 Å². The van der Waals surface area contributed by atoms with Gasteiger partial charge in [-0.15, -0.1) is 0 Å². The Morgan fingerprint density at radius 3 is 1.62 bits per heavy atom. The van der Waals surface area contributed by atoms with E-state index < -0.39 is 0 Å². The third kappa shape index (κ3) is 34.9. The zero-order valence-corrected chi connectivity index (χ0v) is 5.24. The Morgan fingerprint density at radius 2 is 1.62 bits per heavy atom. The van der Waals surface area contributed by atoms with E-state index in [1.807, 2.05) is 0 Å². The first-order valence-electron chi connectivity index (χ1n) is 1.90. The fourth-order valence-corrected chi connectivity index (χ4v) is 0.612. The van der Waals surface area contributed by atoms with Crippen molar-refractivity contribution >= 4 is 9.52 Å². The van der Waals surface area contributed by atoms with Gasteiger partial charge in [-0.2, -0.15) is 0 Å². The van der Waals surface area contributed by atoms with Gasteiger partial charge in [-0.05, 0) is 0 Å². The highest BCUT2D eigenvalue weighted by molar-refractivity contribution is 6.33. The number of ether oxygens (including phenoxy) is 1. The van der Waals surface area contributed by atoms with Crippen LogP contribution in [0, 0.1) is 0 Å². The first-order chi connectivity index (χ1) is 2.41. The van der Waals surface area contributed by atoms with Crippen LogP contribution in [0.25, 0.3) is 0 Å². The van der Waals surface area contributed by atoms with Gasteiger partial charge in [0, 0.05) is 22.9 Å². The van der Waals surface area contributed by atoms with E-state index in [1.165, 1.54) is 0 Å². The average Bonchev–Trinajstić information content (AvgIpc) is 1.41. The highest BCUT2D eigenvalue weighted by Crippen LogP contribution is 1.57. The topological polar surface area (TPSA) is 9.23 Å². The molecular formula is C6H22OSi. The lowest BCUT2D eigenvalue weighted by Gasteiger charge is -1.83. The van der Waals surface area contributed by atoms with Gasteiger partial charge in [0.2, 0.25) is 0 Å². The summed E-state index contributed by atoms with van der Waals surface area (Å²) in [5.41, 5.74) is 0. The number of hydrogen-bond acceptors (Lipinski definition) is 1. The molecule has 0 spiro atoms. The molecule has 0 bridgehead atoms. The Labute approximate surface area is 57.3 Å². The predicted octanol–water partition coefficient (Wildman–Crippen LogP) is 1.72. The van der Waals surface area contributed by atoms with Crippen LogP contribution in [0.2, 0.25) is 6.55 Å². The molecule has 0 aliphatic carbocycles. The Morgan fingerprint density at radius 1 is 1.25 bits per heavy atom. The quantitative estimate of drug-likeness (QED) is 0.528. The molecule has 0 rings (SSSR count). The third-order valence-corrected chi connectivity index (χ3v) is 1.22. The zero-order chi connectivity index (χ0) is 4.12. The number of methoxy groups -OCH3 is 1. The highest BCUT2D eigenvalue weighted by Gasteiger charge is 1.67. The molecule has 56 valence electrons. The second-order valence-corrected chi connectivity index (χ2v) is 2.40. The van der Waals surface area contributed by atoms with Crippen LogP contribution < -0.4 is 0 Å². The minimum absolute atomic E-state index is 0. The minimum atomic E-state index is 0. The molecule has 0 aliphatic heterocycles. The Balaban J connectivity index is -0.0000000267. The molecular weight excluding hydrogens is 116 g/mol. The molecule has 0 amide bonds. The van der Waals surface area contributed by atoms with E-state index in [-0.39, 0.29) is 31.8 Å². The van der Waals surface area contributed by atoms with Crippen LogP contribution in [0.4, 0.5) is 0 Å². The molecule has 0 fully saturated rings. The molecule has 0 aromatic rings. The molecule has 0 atom stereocenters. The summed E-state index contributed by atoms with van der Waals surface area (Å²) in [5, 5.41) is 0. The van der Waals surface area contributed by atoms with E-state index in [0.717, 1.165) is 6.23 Å². The van der Waals surface area contributed by atoms with Crippen LogP contribution in [0.3, 0.4) is 0 Å². The minimum Gasteiger partial charge on any atom is -0.389 e. The van der Waals surface area contributed by atoms with Crippen molar-refractivity contribution in [3.8, 4) is 0 Å². The molecule has 0 aromatic carbocycles. The molecule has 0 radical (unpaired) electrons. The van der Waals surface area contributed by atoms with Crippen LogP contribution >= 0.6 is 0 Å². The lowest BCUT2D eigenvalue weighted by atomic mass is 11.5. The second kappa shape index (κ2) is 27.1. The fraction of sp³-hybridized carbons (Fsp3) is 1.00. The Kier molecular flexibility index (Phi) is 81.9. The maximum absolute atomic E-state index is 4.75. The summed E-state index contributed by atoms with van der Waals surface area (Å²) in [7, 11) is 1.94. The van der Waals surface area contributed by atoms with Crippen LogP contribution in [-0.4, -0.2) is 22.9 Å². The maximum Gasteiger partial charge on any atom is 0.0485 e. The molecule has 0 N–H and O–H groups in total. The summed E-state index contributed by atoms with van der Waals surface area (Å²) in [5.74, 6) is 0. The summed E-state index contributed by atoms with van der Waals surface area (Å²) in [4.78, 5) is 0. The van der Waals surface area contributed by atoms with Crippen LogP contribution in [-0.2, 0) is 4.74 Å². The van der Waals surface area contributed by atoms with Gasteiger partial charge in [-0.1, -0.05) is 28.8 Å². The van der Waals surface area contributed by atoms with Gasteiger partial charge in [-0.3, -0.25) is 0 Å². The molecule has 2 heteroatoms. The molecule has 0 heterocycles. The predicted molar refractivity (Wildman–Crippen MR) is 46.5 cm³/mol. The lowest BCUT2D eigenvalue weighted by molar-refractivity contribution is 0.252. The summed E-state index contributed by atoms with van der Waals surface area (Å²) in [6.45, 7) is 2.23. The molecule has 1 nitrogen and oxygen atoms in total. The molecule has 0 saturated carbocycles. The van der Waals surface area contributed by atoms with Gasteiger partial charge in [-0.25, -0.2) is 0 Å². The molecule has 8 heavy (non-hydrogen) atoms. The van der Waals surface area contributed by atoms with Gasteiger partial charge in [0.05, 0.1) is 0 Å². The van der Waals surface area contributed by atoms with Crippen LogP contribution in [0.5, 0.6) is 0 Å². The maximum atomic E-state index is 4.75. The largest absolute Gasteiger partial charge is 0.389 e. The van der Waals surface area contributed by atoms with Crippen LogP contribution in [0.15, 0.2) is 0 Å². The summed E-state index contributed by atoms with van der Waals surface area (Å²) >= 11 is 0. The first kappa shape index (κ1) is 24.1. The molecule has 0 aliphatic rings. The molecule has 0 unspecified atom stereocenters. The van der Waals surface area contributed by atoms with Crippen molar-refractivity contribution in [2.45, 2.75) is 28.8 Å². The average molecular weight is 138 g/mol. The van der Waals surface area contributed by atoms with E-state index in [1.54, 1.807) is 7.11 Å². The zero-order valence-electron chi connectivity index (χ0n) is 3.82. The normalized spacial score (nSPS) is 6.75. The van der Waals surface area contributed by atoms with E-state index in [4.69, 9.17) is 4.74 Å². The van der Waals surface area contributed by atoms with Crippen molar-refractivity contribution in [1.82, 2.24) is 0 Å². The highest BCUT2D eigenvalue weighted by atomic mass is 28.2. The van der Waals surface area contributed by atoms with Crippen LogP contribution in [0.1, 0.15) is 22.3 Å². The SMILES string of the molecule is C.C.C.COC[SiH2]C. The monoisotopic (exact) mass is 138 g/mol. The Hall–Kier alpha value is 0.177. The van der Waals surface area contributed by atoms with Gasteiger partial charge >= 0.3 is 0 Å². The number of hydrogen-bond donors (Lipinski definition) is 0. The van der Waals surface area contributed by atoms with Gasteiger partial charge < -0.3 is 4.74 Å². The van der Waals surface area contributed by atoms with E-state index in [0.29, 0.717) is 0 Å². The van der Waals surface area contributed by atoms with Gasteiger partial charge in [0.25, 0.3) is 0 Å². The van der Waals surface area contributed by atoms with Crippen molar-refractivity contribution in [3.63, 3.8) is 0 Å².